The smallest absolute Gasteiger partial charge is 0.136 e. The molecule has 0 saturated heterocycles. The summed E-state index contributed by atoms with van der Waals surface area (Å²) in [5, 5.41) is 3.09. The zero-order chi connectivity index (χ0) is 15.2. The van der Waals surface area contributed by atoms with Crippen LogP contribution in [0.25, 0.3) is 0 Å². The molecule has 112 valence electrons. The van der Waals surface area contributed by atoms with Crippen molar-refractivity contribution in [3.8, 4) is 0 Å². The molecule has 2 aromatic rings. The predicted molar refractivity (Wildman–Crippen MR) is 80.0 cm³/mol. The molecular weight excluding hydrogens is 295 g/mol. The van der Waals surface area contributed by atoms with Crippen molar-refractivity contribution in [3.05, 3.63) is 65.5 Å². The van der Waals surface area contributed by atoms with Gasteiger partial charge in [0.2, 0.25) is 0 Å². The fraction of sp³-hybridized carbons (Fsp3) is 0.250. The fourth-order valence-corrected chi connectivity index (χ4v) is 3.06. The lowest BCUT2D eigenvalue weighted by Crippen LogP contribution is -2.30. The Hall–Kier alpha value is -1.46. The van der Waals surface area contributed by atoms with Crippen molar-refractivity contribution in [2.45, 2.75) is 17.4 Å². The number of benzene rings is 2. The Morgan fingerprint density at radius 1 is 1.05 bits per heavy atom. The van der Waals surface area contributed by atoms with E-state index in [9.17, 15) is 13.2 Å². The highest BCUT2D eigenvalue weighted by Crippen LogP contribution is 2.23. The first-order valence-electron chi connectivity index (χ1n) is 6.58. The lowest BCUT2D eigenvalue weighted by atomic mass is 10.1. The highest BCUT2D eigenvalue weighted by atomic mass is 32.2. The third-order valence-corrected chi connectivity index (χ3v) is 4.30. The first-order chi connectivity index (χ1) is 10.1. The highest BCUT2D eigenvalue weighted by Gasteiger charge is 2.11. The van der Waals surface area contributed by atoms with E-state index in [2.05, 4.69) is 5.32 Å². The molecule has 0 bridgehead atoms. The molecule has 0 fully saturated rings. The zero-order valence-electron chi connectivity index (χ0n) is 11.6. The van der Waals surface area contributed by atoms with Gasteiger partial charge in [-0.15, -0.1) is 11.8 Å². The molecule has 0 heterocycles. The lowest BCUT2D eigenvalue weighted by molar-refractivity contribution is 0.569. The van der Waals surface area contributed by atoms with Crippen molar-refractivity contribution in [2.75, 3.05) is 12.8 Å². The summed E-state index contributed by atoms with van der Waals surface area (Å²) in [5.74, 6) is -0.812. The number of rotatable bonds is 6. The first-order valence-corrected chi connectivity index (χ1v) is 7.56. The standard InChI is InChI=1S/C16H16F3NS/c1-20-14(8-11-6-12(17)9-13(18)7-11)10-21-16-5-3-2-4-15(16)19/h2-7,9,14,20H,8,10H2,1H3. The lowest BCUT2D eigenvalue weighted by Gasteiger charge is -2.16. The van der Waals surface area contributed by atoms with Crippen LogP contribution in [0.15, 0.2) is 47.4 Å². The summed E-state index contributed by atoms with van der Waals surface area (Å²) in [4.78, 5) is 0.572. The van der Waals surface area contributed by atoms with E-state index in [0.717, 1.165) is 6.07 Å². The first kappa shape index (κ1) is 15.9. The Morgan fingerprint density at radius 2 is 1.71 bits per heavy atom. The molecule has 1 N–H and O–H groups in total. The van der Waals surface area contributed by atoms with Crippen LogP contribution in [0, 0.1) is 17.5 Å². The maximum absolute atomic E-state index is 13.5. The van der Waals surface area contributed by atoms with Crippen LogP contribution in [-0.2, 0) is 6.42 Å². The van der Waals surface area contributed by atoms with E-state index >= 15 is 0 Å². The molecule has 21 heavy (non-hydrogen) atoms. The van der Waals surface area contributed by atoms with Gasteiger partial charge in [0.15, 0.2) is 0 Å². The number of hydrogen-bond donors (Lipinski definition) is 1. The molecule has 0 aromatic heterocycles. The Bertz CT molecular complexity index is 584. The van der Waals surface area contributed by atoms with E-state index in [-0.39, 0.29) is 11.9 Å². The van der Waals surface area contributed by atoms with Crippen LogP contribution in [0.3, 0.4) is 0 Å². The van der Waals surface area contributed by atoms with E-state index < -0.39 is 11.6 Å². The highest BCUT2D eigenvalue weighted by molar-refractivity contribution is 7.99. The summed E-state index contributed by atoms with van der Waals surface area (Å²) in [6.07, 6.45) is 0.479. The maximum Gasteiger partial charge on any atom is 0.136 e. The second-order valence-corrected chi connectivity index (χ2v) is 5.77. The molecule has 0 saturated carbocycles. The fourth-order valence-electron chi connectivity index (χ4n) is 2.01. The molecule has 0 aliphatic carbocycles. The SMILES string of the molecule is CNC(CSc1ccccc1F)Cc1cc(F)cc(F)c1. The minimum Gasteiger partial charge on any atom is -0.316 e. The quantitative estimate of drug-likeness (QED) is 0.809. The van der Waals surface area contributed by atoms with Gasteiger partial charge in [-0.25, -0.2) is 13.2 Å². The van der Waals surface area contributed by atoms with Gasteiger partial charge in [-0.2, -0.15) is 0 Å². The van der Waals surface area contributed by atoms with Crippen molar-refractivity contribution in [1.29, 1.82) is 0 Å². The number of thioether (sulfide) groups is 1. The van der Waals surface area contributed by atoms with Crippen molar-refractivity contribution in [3.63, 3.8) is 0 Å². The second-order valence-electron chi connectivity index (χ2n) is 4.71. The molecule has 0 spiro atoms. The zero-order valence-corrected chi connectivity index (χ0v) is 12.4. The molecular formula is C16H16F3NS. The van der Waals surface area contributed by atoms with Gasteiger partial charge in [-0.3, -0.25) is 0 Å². The predicted octanol–water partition coefficient (Wildman–Crippen LogP) is 4.03. The van der Waals surface area contributed by atoms with E-state index in [1.54, 1.807) is 25.2 Å². The van der Waals surface area contributed by atoms with Gasteiger partial charge >= 0.3 is 0 Å². The molecule has 2 rings (SSSR count). The van der Waals surface area contributed by atoms with Gasteiger partial charge in [0.25, 0.3) is 0 Å². The Balaban J connectivity index is 1.98. The molecule has 1 unspecified atom stereocenters. The normalized spacial score (nSPS) is 12.4. The van der Waals surface area contributed by atoms with Crippen LogP contribution < -0.4 is 5.32 Å². The summed E-state index contributed by atoms with van der Waals surface area (Å²) in [6.45, 7) is 0. The Labute approximate surface area is 126 Å². The molecule has 2 aromatic carbocycles. The summed E-state index contributed by atoms with van der Waals surface area (Å²) in [5.41, 5.74) is 0.584. The third-order valence-electron chi connectivity index (χ3n) is 3.09. The molecule has 0 amide bonds. The van der Waals surface area contributed by atoms with Crippen LogP contribution in [-0.4, -0.2) is 18.8 Å². The van der Waals surface area contributed by atoms with E-state index in [4.69, 9.17) is 0 Å². The van der Waals surface area contributed by atoms with Crippen molar-refractivity contribution in [2.24, 2.45) is 0 Å². The maximum atomic E-state index is 13.5. The Morgan fingerprint density at radius 3 is 2.33 bits per heavy atom. The molecule has 5 heteroatoms. The van der Waals surface area contributed by atoms with Gasteiger partial charge in [0, 0.05) is 22.8 Å². The van der Waals surface area contributed by atoms with Crippen molar-refractivity contribution in [1.82, 2.24) is 5.32 Å². The van der Waals surface area contributed by atoms with E-state index in [0.29, 0.717) is 22.6 Å². The van der Waals surface area contributed by atoms with Crippen LogP contribution >= 0.6 is 11.8 Å². The number of likely N-dealkylation sites (N-methyl/N-ethyl adjacent to an activating group) is 1. The average Bonchev–Trinajstić information content (AvgIpc) is 2.44. The molecule has 0 radical (unpaired) electrons. The second kappa shape index (κ2) is 7.52. The summed E-state index contributed by atoms with van der Waals surface area (Å²) < 4.78 is 39.9. The summed E-state index contributed by atoms with van der Waals surface area (Å²) >= 11 is 1.38. The number of nitrogens with one attached hydrogen (secondary N) is 1. The van der Waals surface area contributed by atoms with Crippen LogP contribution in [0.1, 0.15) is 5.56 Å². The largest absolute Gasteiger partial charge is 0.316 e. The van der Waals surface area contributed by atoms with Gasteiger partial charge < -0.3 is 5.32 Å². The third kappa shape index (κ3) is 4.79. The molecule has 1 atom stereocenters. The average molecular weight is 311 g/mol. The van der Waals surface area contributed by atoms with Gasteiger partial charge in [0.05, 0.1) is 0 Å². The minimum absolute atomic E-state index is 0.00388. The molecule has 0 aliphatic rings. The van der Waals surface area contributed by atoms with Gasteiger partial charge in [-0.1, -0.05) is 12.1 Å². The van der Waals surface area contributed by atoms with Crippen LogP contribution in [0.5, 0.6) is 0 Å². The minimum atomic E-state index is -0.582. The number of hydrogen-bond acceptors (Lipinski definition) is 2. The van der Waals surface area contributed by atoms with Crippen LogP contribution in [0.2, 0.25) is 0 Å². The van der Waals surface area contributed by atoms with Gasteiger partial charge in [-0.05, 0) is 43.3 Å². The Kier molecular flexibility index (Phi) is 5.70. The topological polar surface area (TPSA) is 12.0 Å². The van der Waals surface area contributed by atoms with Crippen LogP contribution in [0.4, 0.5) is 13.2 Å². The number of halogens is 3. The van der Waals surface area contributed by atoms with E-state index in [1.807, 2.05) is 0 Å². The van der Waals surface area contributed by atoms with Gasteiger partial charge in [0.1, 0.15) is 17.5 Å². The molecule has 0 aliphatic heterocycles. The van der Waals surface area contributed by atoms with E-state index in [1.165, 1.54) is 30.0 Å². The summed E-state index contributed by atoms with van der Waals surface area (Å²) in [7, 11) is 1.78. The summed E-state index contributed by atoms with van der Waals surface area (Å²) in [6, 6.07) is 10.0. The monoisotopic (exact) mass is 311 g/mol. The van der Waals surface area contributed by atoms with Crippen molar-refractivity contribution < 1.29 is 13.2 Å². The van der Waals surface area contributed by atoms with Crippen molar-refractivity contribution >= 4 is 11.8 Å². The molecule has 1 nitrogen and oxygen atoms in total.